The monoisotopic (exact) mass is 300 g/mol. The number of benzene rings is 1. The molecule has 0 spiro atoms. The minimum Gasteiger partial charge on any atom is -0.488 e. The molecule has 22 heavy (non-hydrogen) atoms. The number of fused-ring (bicyclic) bond motifs is 1. The van der Waals surface area contributed by atoms with Gasteiger partial charge in [-0.25, -0.2) is 0 Å². The highest BCUT2D eigenvalue weighted by Crippen LogP contribution is 2.32. The van der Waals surface area contributed by atoms with Crippen LogP contribution < -0.4 is 10.9 Å². The molecule has 0 bridgehead atoms. The molecule has 0 atom stereocenters. The summed E-state index contributed by atoms with van der Waals surface area (Å²) in [5.74, 6) is -1.57. The highest BCUT2D eigenvalue weighted by atomic mass is 16.6. The summed E-state index contributed by atoms with van der Waals surface area (Å²) >= 11 is 0. The van der Waals surface area contributed by atoms with Crippen LogP contribution in [0.2, 0.25) is 0 Å². The number of carbonyl (C=O) groups is 1. The van der Waals surface area contributed by atoms with Gasteiger partial charge in [0, 0.05) is 11.3 Å². The van der Waals surface area contributed by atoms with Gasteiger partial charge < -0.3 is 15.4 Å². The lowest BCUT2D eigenvalue weighted by molar-refractivity contribution is -0.387. The number of nitrogens with one attached hydrogen (secondary N) is 2. The van der Waals surface area contributed by atoms with Crippen LogP contribution in [0.25, 0.3) is 11.6 Å². The maximum absolute atomic E-state index is 11.9. The highest BCUT2D eigenvalue weighted by molar-refractivity contribution is 6.34. The Morgan fingerprint density at radius 3 is 2.68 bits per heavy atom. The van der Waals surface area contributed by atoms with E-state index < -0.39 is 28.0 Å². The number of rotatable bonds is 2. The first kappa shape index (κ1) is 13.5. The van der Waals surface area contributed by atoms with Gasteiger partial charge in [-0.3, -0.25) is 19.7 Å². The van der Waals surface area contributed by atoms with Crippen molar-refractivity contribution in [3.8, 4) is 5.88 Å². The fourth-order valence-electron chi connectivity index (χ4n) is 2.12. The van der Waals surface area contributed by atoms with Gasteiger partial charge in [-0.05, 0) is 12.1 Å². The first-order valence-electron chi connectivity index (χ1n) is 6.07. The van der Waals surface area contributed by atoms with E-state index in [4.69, 9.17) is 0 Å². The standard InChI is InChI=1S/C13H8N4O5/c18-11-7(6-3-1-2-4-8(6)14-11)5-9-15-12(19)10(17(21)22)13(20)16-9/h1-5H,(H,14,18)(H2,15,16,19,20)/b7-5+. The van der Waals surface area contributed by atoms with E-state index in [1.807, 2.05) is 0 Å². The molecule has 1 aliphatic rings. The van der Waals surface area contributed by atoms with Crippen LogP contribution in [0.4, 0.5) is 11.4 Å². The normalized spacial score (nSPS) is 14.7. The maximum atomic E-state index is 11.9. The second-order valence-electron chi connectivity index (χ2n) is 4.44. The summed E-state index contributed by atoms with van der Waals surface area (Å²) in [4.78, 5) is 38.8. The smallest absolute Gasteiger partial charge is 0.395 e. The third-order valence-corrected chi connectivity index (χ3v) is 3.07. The number of aromatic amines is 1. The van der Waals surface area contributed by atoms with E-state index in [0.717, 1.165) is 0 Å². The number of amides is 1. The molecule has 3 rings (SSSR count). The molecule has 9 heteroatoms. The number of H-pyrrole nitrogens is 1. The van der Waals surface area contributed by atoms with Crippen LogP contribution in [-0.4, -0.2) is 25.9 Å². The number of hydrogen-bond donors (Lipinski definition) is 3. The zero-order valence-corrected chi connectivity index (χ0v) is 10.9. The summed E-state index contributed by atoms with van der Waals surface area (Å²) in [6.45, 7) is 0. The van der Waals surface area contributed by atoms with E-state index in [1.54, 1.807) is 24.3 Å². The predicted octanol–water partition coefficient (Wildman–Crippen LogP) is 0.876. The summed E-state index contributed by atoms with van der Waals surface area (Å²) in [5.41, 5.74) is -0.707. The molecular weight excluding hydrogens is 292 g/mol. The molecular formula is C13H8N4O5. The van der Waals surface area contributed by atoms with Gasteiger partial charge in [0.25, 0.3) is 11.8 Å². The van der Waals surface area contributed by atoms with Gasteiger partial charge in [-0.15, -0.1) is 0 Å². The van der Waals surface area contributed by atoms with Crippen molar-refractivity contribution in [2.75, 3.05) is 5.32 Å². The van der Waals surface area contributed by atoms with Crippen molar-refractivity contribution in [3.63, 3.8) is 0 Å². The zero-order chi connectivity index (χ0) is 15.9. The van der Waals surface area contributed by atoms with Crippen molar-refractivity contribution in [1.82, 2.24) is 9.97 Å². The Labute approximate surface area is 122 Å². The average molecular weight is 300 g/mol. The van der Waals surface area contributed by atoms with Gasteiger partial charge in [-0.1, -0.05) is 18.2 Å². The molecule has 0 saturated heterocycles. The topological polar surface area (TPSA) is 138 Å². The molecule has 110 valence electrons. The third kappa shape index (κ3) is 2.10. The lowest BCUT2D eigenvalue weighted by Crippen LogP contribution is -2.14. The van der Waals surface area contributed by atoms with E-state index in [9.17, 15) is 24.8 Å². The van der Waals surface area contributed by atoms with Crippen molar-refractivity contribution in [1.29, 1.82) is 0 Å². The number of aromatic hydroxyl groups is 1. The Bertz CT molecular complexity index is 900. The van der Waals surface area contributed by atoms with E-state index in [-0.39, 0.29) is 11.4 Å². The lowest BCUT2D eigenvalue weighted by Gasteiger charge is -1.99. The van der Waals surface area contributed by atoms with Crippen molar-refractivity contribution in [2.24, 2.45) is 0 Å². The summed E-state index contributed by atoms with van der Waals surface area (Å²) in [6, 6.07) is 6.89. The van der Waals surface area contributed by atoms with Crippen LogP contribution in [0.3, 0.4) is 0 Å². The molecule has 2 aromatic rings. The van der Waals surface area contributed by atoms with Crippen LogP contribution in [-0.2, 0) is 4.79 Å². The van der Waals surface area contributed by atoms with Gasteiger partial charge in [0.1, 0.15) is 5.82 Å². The van der Waals surface area contributed by atoms with Crippen molar-refractivity contribution >= 4 is 28.9 Å². The van der Waals surface area contributed by atoms with Gasteiger partial charge in [0.15, 0.2) is 0 Å². The van der Waals surface area contributed by atoms with Crippen LogP contribution in [0, 0.1) is 10.1 Å². The second kappa shape index (κ2) is 4.81. The summed E-state index contributed by atoms with van der Waals surface area (Å²) < 4.78 is 0. The Hall–Kier alpha value is -3.49. The van der Waals surface area contributed by atoms with Crippen LogP contribution in [0.15, 0.2) is 29.1 Å². The molecule has 0 aliphatic carbocycles. The van der Waals surface area contributed by atoms with E-state index in [2.05, 4.69) is 15.3 Å². The lowest BCUT2D eigenvalue weighted by atomic mass is 10.1. The number of nitro groups is 1. The Morgan fingerprint density at radius 2 is 2.00 bits per heavy atom. The highest BCUT2D eigenvalue weighted by Gasteiger charge is 2.25. The number of anilines is 1. The first-order valence-corrected chi connectivity index (χ1v) is 6.07. The maximum Gasteiger partial charge on any atom is 0.395 e. The molecule has 1 aromatic carbocycles. The summed E-state index contributed by atoms with van der Waals surface area (Å²) in [6.07, 6.45) is 1.24. The van der Waals surface area contributed by atoms with Crippen molar-refractivity contribution in [2.45, 2.75) is 0 Å². The van der Waals surface area contributed by atoms with Gasteiger partial charge in [-0.2, -0.15) is 4.98 Å². The molecule has 1 amide bonds. The first-order chi connectivity index (χ1) is 10.5. The summed E-state index contributed by atoms with van der Waals surface area (Å²) in [7, 11) is 0. The largest absolute Gasteiger partial charge is 0.488 e. The second-order valence-corrected chi connectivity index (χ2v) is 4.44. The molecule has 0 unspecified atom stereocenters. The minimum absolute atomic E-state index is 0.157. The Kier molecular flexibility index (Phi) is 2.95. The SMILES string of the molecule is O=C1Nc2ccccc2/C1=C\c1nc(O)c([N+](=O)[O-])c(=O)[nH]1. The Morgan fingerprint density at radius 1 is 1.27 bits per heavy atom. The number of nitrogens with zero attached hydrogens (tertiary/aromatic N) is 2. The number of para-hydroxylation sites is 1. The van der Waals surface area contributed by atoms with Crippen molar-refractivity contribution in [3.05, 3.63) is 56.1 Å². The van der Waals surface area contributed by atoms with Crippen molar-refractivity contribution < 1.29 is 14.8 Å². The molecule has 1 aliphatic heterocycles. The molecule has 0 radical (unpaired) electrons. The van der Waals surface area contributed by atoms with E-state index in [1.165, 1.54) is 6.08 Å². The van der Waals surface area contributed by atoms with E-state index in [0.29, 0.717) is 11.3 Å². The van der Waals surface area contributed by atoms with E-state index >= 15 is 0 Å². The molecule has 0 saturated carbocycles. The molecule has 1 aromatic heterocycles. The fourth-order valence-corrected chi connectivity index (χ4v) is 2.12. The molecule has 3 N–H and O–H groups in total. The number of hydrogen-bond acceptors (Lipinski definition) is 6. The number of carbonyl (C=O) groups excluding carboxylic acids is 1. The van der Waals surface area contributed by atoms with Gasteiger partial charge in [0.05, 0.1) is 10.5 Å². The van der Waals surface area contributed by atoms with Gasteiger partial charge >= 0.3 is 11.2 Å². The fraction of sp³-hybridized carbons (Fsp3) is 0. The average Bonchev–Trinajstić information content (AvgIpc) is 2.74. The molecule has 2 heterocycles. The zero-order valence-electron chi connectivity index (χ0n) is 10.9. The number of aromatic nitrogens is 2. The summed E-state index contributed by atoms with van der Waals surface area (Å²) in [5, 5.41) is 22.7. The molecule has 9 nitrogen and oxygen atoms in total. The van der Waals surface area contributed by atoms with Crippen LogP contribution >= 0.6 is 0 Å². The minimum atomic E-state index is -1.10. The van der Waals surface area contributed by atoms with Crippen LogP contribution in [0.1, 0.15) is 11.4 Å². The van der Waals surface area contributed by atoms with Crippen LogP contribution in [0.5, 0.6) is 5.88 Å². The molecule has 0 fully saturated rings. The quantitative estimate of drug-likeness (QED) is 0.427. The van der Waals surface area contributed by atoms with Gasteiger partial charge in [0.2, 0.25) is 0 Å². The third-order valence-electron chi connectivity index (χ3n) is 3.07. The predicted molar refractivity (Wildman–Crippen MR) is 76.1 cm³/mol. The Balaban J connectivity index is 2.12.